The van der Waals surface area contributed by atoms with Crippen LogP contribution in [0, 0.1) is 18.6 Å². The van der Waals surface area contributed by atoms with E-state index in [9.17, 15) is 9.18 Å². The van der Waals surface area contributed by atoms with Crippen molar-refractivity contribution in [3.8, 4) is 0 Å². The second kappa shape index (κ2) is 7.82. The minimum atomic E-state index is -0.722. The summed E-state index contributed by atoms with van der Waals surface area (Å²) < 4.78 is 35.0. The first-order valence-electron chi connectivity index (χ1n) is 10.1. The normalized spacial score (nSPS) is 18.9. The largest absolute Gasteiger partial charge is 0.377 e. The van der Waals surface area contributed by atoms with E-state index in [1.807, 2.05) is 11.0 Å². The van der Waals surface area contributed by atoms with Crippen LogP contribution in [0.25, 0.3) is 10.9 Å². The van der Waals surface area contributed by atoms with Gasteiger partial charge in [-0.15, -0.1) is 0 Å². The number of aromatic nitrogens is 2. The number of carbonyl (C=O) groups excluding carboxylic acids is 1. The second-order valence-corrected chi connectivity index (χ2v) is 7.61. The van der Waals surface area contributed by atoms with Crippen LogP contribution >= 0.6 is 0 Å². The number of nitrogens with one attached hydrogen (secondary N) is 1. The van der Waals surface area contributed by atoms with Crippen LogP contribution in [0.4, 0.5) is 26.0 Å². The summed E-state index contributed by atoms with van der Waals surface area (Å²) in [6, 6.07) is 5.71. The molecule has 160 valence electrons. The Balaban J connectivity index is 1.81. The fourth-order valence-electron chi connectivity index (χ4n) is 4.16. The molecule has 0 radical (unpaired) electrons. The Morgan fingerprint density at radius 1 is 1.32 bits per heavy atom. The van der Waals surface area contributed by atoms with Crippen LogP contribution in [0.15, 0.2) is 36.7 Å². The van der Waals surface area contributed by atoms with E-state index >= 15 is 4.39 Å². The van der Waals surface area contributed by atoms with E-state index in [1.165, 1.54) is 6.07 Å². The maximum Gasteiger partial charge on any atom is 0.229 e. The first-order valence-corrected chi connectivity index (χ1v) is 10.1. The molecule has 0 spiro atoms. The summed E-state index contributed by atoms with van der Waals surface area (Å²) >= 11 is 0. The van der Waals surface area contributed by atoms with Gasteiger partial charge in [-0.25, -0.2) is 13.8 Å². The average molecular weight is 425 g/mol. The van der Waals surface area contributed by atoms with Gasteiger partial charge in [0.05, 0.1) is 41.7 Å². The molecule has 7 nitrogen and oxygen atoms in total. The Kier molecular flexibility index (Phi) is 4.99. The molecule has 0 bridgehead atoms. The smallest absolute Gasteiger partial charge is 0.229 e. The van der Waals surface area contributed by atoms with E-state index in [-0.39, 0.29) is 23.0 Å². The molecule has 2 fully saturated rings. The van der Waals surface area contributed by atoms with Crippen LogP contribution in [-0.2, 0) is 9.53 Å². The molecule has 31 heavy (non-hydrogen) atoms. The van der Waals surface area contributed by atoms with Crippen molar-refractivity contribution in [2.24, 2.45) is 0 Å². The van der Waals surface area contributed by atoms with Gasteiger partial charge in [0.25, 0.3) is 0 Å². The summed E-state index contributed by atoms with van der Waals surface area (Å²) in [5.41, 5.74) is 2.00. The summed E-state index contributed by atoms with van der Waals surface area (Å²) in [6.45, 7) is 3.88. The molecule has 0 saturated carbocycles. The van der Waals surface area contributed by atoms with Crippen molar-refractivity contribution in [1.82, 2.24) is 15.3 Å². The molecule has 5 rings (SSSR count). The highest BCUT2D eigenvalue weighted by Crippen LogP contribution is 2.42. The molecule has 2 aliphatic heterocycles. The third-order valence-electron chi connectivity index (χ3n) is 5.67. The van der Waals surface area contributed by atoms with Crippen molar-refractivity contribution in [2.45, 2.75) is 19.5 Å². The number of anilines is 3. The lowest BCUT2D eigenvalue weighted by molar-refractivity contribution is -0.122. The quantitative estimate of drug-likeness (QED) is 0.648. The zero-order chi connectivity index (χ0) is 21.5. The van der Waals surface area contributed by atoms with E-state index in [4.69, 9.17) is 4.74 Å². The highest BCUT2D eigenvalue weighted by atomic mass is 19.1. The number of amides is 1. The molecule has 1 atom stereocenters. The van der Waals surface area contributed by atoms with Gasteiger partial charge in [0.1, 0.15) is 23.6 Å². The molecular weight excluding hydrogens is 404 g/mol. The number of fused-ring (bicyclic) bond motifs is 1. The number of hydrogen-bond acceptors (Lipinski definition) is 6. The molecule has 2 saturated heterocycles. The molecular formula is C22H21F2N5O2. The molecule has 3 aromatic rings. The van der Waals surface area contributed by atoms with E-state index < -0.39 is 11.6 Å². The van der Waals surface area contributed by atoms with Crippen molar-refractivity contribution >= 4 is 34.0 Å². The third kappa shape index (κ3) is 3.39. The SMILES string of the molecule is Cc1c(N2CCC2=O)nc2cc(F)cc(F)c2c1N(c1cccnc1)C1COCCN1. The number of hydrogen-bond donors (Lipinski definition) is 1. The first kappa shape index (κ1) is 19.8. The lowest BCUT2D eigenvalue weighted by Gasteiger charge is -2.39. The Labute approximate surface area is 177 Å². The van der Waals surface area contributed by atoms with Crippen LogP contribution in [0.5, 0.6) is 0 Å². The van der Waals surface area contributed by atoms with Crippen LogP contribution in [0.2, 0.25) is 0 Å². The predicted molar refractivity (Wildman–Crippen MR) is 112 cm³/mol. The zero-order valence-electron chi connectivity index (χ0n) is 16.9. The van der Waals surface area contributed by atoms with Gasteiger partial charge in [-0.05, 0) is 19.1 Å². The van der Waals surface area contributed by atoms with E-state index in [2.05, 4.69) is 15.3 Å². The zero-order valence-corrected chi connectivity index (χ0v) is 16.9. The number of halogens is 2. The number of benzene rings is 1. The topological polar surface area (TPSA) is 70.6 Å². The van der Waals surface area contributed by atoms with Gasteiger partial charge in [-0.2, -0.15) is 0 Å². The number of β-lactam (4-membered cyclic amide) rings is 1. The monoisotopic (exact) mass is 425 g/mol. The molecule has 2 aromatic heterocycles. The van der Waals surface area contributed by atoms with E-state index in [0.717, 1.165) is 6.07 Å². The fourth-order valence-corrected chi connectivity index (χ4v) is 4.16. The van der Waals surface area contributed by atoms with Crippen LogP contribution in [0.3, 0.4) is 0 Å². The Morgan fingerprint density at radius 3 is 2.84 bits per heavy atom. The second-order valence-electron chi connectivity index (χ2n) is 7.61. The maximum atomic E-state index is 15.2. The van der Waals surface area contributed by atoms with Gasteiger partial charge < -0.3 is 9.64 Å². The molecule has 4 heterocycles. The number of carbonyl (C=O) groups is 1. The lowest BCUT2D eigenvalue weighted by atomic mass is 10.0. The summed E-state index contributed by atoms with van der Waals surface area (Å²) in [7, 11) is 0. The third-order valence-corrected chi connectivity index (χ3v) is 5.67. The van der Waals surface area contributed by atoms with Crippen LogP contribution in [0.1, 0.15) is 12.0 Å². The molecule has 0 aliphatic carbocycles. The van der Waals surface area contributed by atoms with Gasteiger partial charge in [0, 0.05) is 43.4 Å². The van der Waals surface area contributed by atoms with Gasteiger partial charge in [0.2, 0.25) is 5.91 Å². The average Bonchev–Trinajstić information content (AvgIpc) is 2.76. The van der Waals surface area contributed by atoms with Gasteiger partial charge in [-0.1, -0.05) is 0 Å². The lowest BCUT2D eigenvalue weighted by Crippen LogP contribution is -2.51. The molecule has 1 amide bonds. The molecule has 2 aliphatic rings. The first-order chi connectivity index (χ1) is 15.0. The minimum Gasteiger partial charge on any atom is -0.377 e. The Hall–Kier alpha value is -3.17. The van der Waals surface area contributed by atoms with E-state index in [1.54, 1.807) is 30.3 Å². The molecule has 9 heteroatoms. The molecule has 1 N–H and O–H groups in total. The summed E-state index contributed by atoms with van der Waals surface area (Å²) in [6.07, 6.45) is 3.45. The van der Waals surface area contributed by atoms with Crippen LogP contribution in [-0.4, -0.2) is 48.3 Å². The number of morpholine rings is 1. The molecule has 1 unspecified atom stereocenters. The standard InChI is InChI=1S/C22H21F2N5O2/c1-13-21(29(15-3-2-5-25-11-15)18-12-31-8-6-26-18)20-16(24)9-14(23)10-17(20)27-22(13)28-7-4-19(28)30/h2-3,5,9-11,18,26H,4,6-8,12H2,1H3. The van der Waals surface area contributed by atoms with Crippen molar-refractivity contribution in [3.05, 3.63) is 53.9 Å². The number of pyridine rings is 2. The summed E-state index contributed by atoms with van der Waals surface area (Å²) in [4.78, 5) is 24.3. The van der Waals surface area contributed by atoms with Gasteiger partial charge >= 0.3 is 0 Å². The van der Waals surface area contributed by atoms with Crippen LogP contribution < -0.4 is 15.1 Å². The van der Waals surface area contributed by atoms with Gasteiger partial charge in [0.15, 0.2) is 0 Å². The number of rotatable bonds is 4. The Bertz CT molecular complexity index is 1150. The fraction of sp³-hybridized carbons (Fsp3) is 0.318. The minimum absolute atomic E-state index is 0.0650. The predicted octanol–water partition coefficient (Wildman–Crippen LogP) is 3.04. The van der Waals surface area contributed by atoms with Crippen molar-refractivity contribution in [1.29, 1.82) is 0 Å². The van der Waals surface area contributed by atoms with Crippen molar-refractivity contribution in [2.75, 3.05) is 36.1 Å². The highest BCUT2D eigenvalue weighted by molar-refractivity contribution is 6.04. The highest BCUT2D eigenvalue weighted by Gasteiger charge is 2.33. The maximum absolute atomic E-state index is 15.2. The number of nitrogens with zero attached hydrogens (tertiary/aromatic N) is 4. The molecule has 1 aromatic carbocycles. The van der Waals surface area contributed by atoms with Crippen molar-refractivity contribution in [3.63, 3.8) is 0 Å². The van der Waals surface area contributed by atoms with E-state index in [0.29, 0.717) is 55.5 Å². The van der Waals surface area contributed by atoms with Gasteiger partial charge in [-0.3, -0.25) is 20.0 Å². The summed E-state index contributed by atoms with van der Waals surface area (Å²) in [5, 5.41) is 3.59. The summed E-state index contributed by atoms with van der Waals surface area (Å²) in [5.74, 6) is -1.09. The van der Waals surface area contributed by atoms with Crippen molar-refractivity contribution < 1.29 is 18.3 Å². The Morgan fingerprint density at radius 2 is 2.19 bits per heavy atom. The number of ether oxygens (including phenoxy) is 1.